The van der Waals surface area contributed by atoms with Crippen LogP contribution in [0.1, 0.15) is 50.8 Å². The lowest BCUT2D eigenvalue weighted by Gasteiger charge is -2.38. The average Bonchev–Trinajstić information content (AvgIpc) is 3.23. The number of anilines is 1. The van der Waals surface area contributed by atoms with Crippen molar-refractivity contribution < 1.29 is 14.3 Å². The lowest BCUT2D eigenvalue weighted by molar-refractivity contribution is -0.118. The maximum Gasteiger partial charge on any atom is 0.227 e. The first kappa shape index (κ1) is 24.9. The Morgan fingerprint density at radius 3 is 2.72 bits per heavy atom. The Hall–Kier alpha value is -2.78. The Labute approximate surface area is 223 Å². The number of Topliss-reactive ketones (excluding diaryl/α,β-unsaturated/α-hetero) is 1. The van der Waals surface area contributed by atoms with E-state index in [-0.39, 0.29) is 11.2 Å². The highest BCUT2D eigenvalue weighted by molar-refractivity contribution is 9.10. The molecule has 0 spiro atoms. The number of allylic oxidation sites excluding steroid dienone is 2. The Balaban J connectivity index is 1.58. The highest BCUT2D eigenvalue weighted by Gasteiger charge is 2.42. The van der Waals surface area contributed by atoms with Crippen LogP contribution in [0, 0.1) is 5.41 Å². The summed E-state index contributed by atoms with van der Waals surface area (Å²) in [5.41, 5.74) is 3.49. The van der Waals surface area contributed by atoms with E-state index in [4.69, 9.17) is 19.6 Å². The van der Waals surface area contributed by atoms with Crippen molar-refractivity contribution in [2.45, 2.75) is 51.4 Å². The molecule has 0 fully saturated rings. The Kier molecular flexibility index (Phi) is 6.87. The number of carbonyl (C=O) groups is 1. The van der Waals surface area contributed by atoms with Crippen LogP contribution in [0.3, 0.4) is 0 Å². The number of benzene rings is 2. The van der Waals surface area contributed by atoms with Crippen LogP contribution < -0.4 is 14.8 Å². The van der Waals surface area contributed by atoms with Gasteiger partial charge < -0.3 is 14.8 Å². The van der Waals surface area contributed by atoms with Crippen molar-refractivity contribution in [2.24, 2.45) is 5.41 Å². The number of rotatable bonds is 7. The molecule has 1 unspecified atom stereocenters. The Morgan fingerprint density at radius 1 is 1.22 bits per heavy atom. The smallest absolute Gasteiger partial charge is 0.227 e. The second-order valence-corrected chi connectivity index (χ2v) is 11.9. The molecule has 188 valence electrons. The van der Waals surface area contributed by atoms with E-state index < -0.39 is 6.04 Å². The minimum Gasteiger partial charge on any atom is -0.493 e. The number of aromatic nitrogens is 3. The quantitative estimate of drug-likeness (QED) is 0.330. The SMILES string of the molecule is CCSc1nc2n(n1)C(c1cc(Br)c(OCc3ccccc3)c(OC)c1)C1=C(CC(C)(C)CC1=O)N2. The van der Waals surface area contributed by atoms with Crippen molar-refractivity contribution in [3.63, 3.8) is 0 Å². The van der Waals surface area contributed by atoms with Gasteiger partial charge in [-0.05, 0) is 56.8 Å². The summed E-state index contributed by atoms with van der Waals surface area (Å²) in [6.07, 6.45) is 1.26. The van der Waals surface area contributed by atoms with Crippen molar-refractivity contribution in [1.82, 2.24) is 14.8 Å². The van der Waals surface area contributed by atoms with Gasteiger partial charge in [-0.1, -0.05) is 62.9 Å². The molecule has 0 amide bonds. The number of ketones is 1. The van der Waals surface area contributed by atoms with Crippen LogP contribution in [0.4, 0.5) is 5.95 Å². The molecule has 2 aromatic carbocycles. The third-order valence-corrected chi connectivity index (χ3v) is 7.69. The van der Waals surface area contributed by atoms with E-state index in [1.165, 1.54) is 0 Å². The van der Waals surface area contributed by atoms with Gasteiger partial charge in [-0.25, -0.2) is 4.68 Å². The second kappa shape index (κ2) is 9.94. The van der Waals surface area contributed by atoms with E-state index in [0.717, 1.165) is 39.0 Å². The first-order valence-corrected chi connectivity index (χ1v) is 13.7. The number of ether oxygens (including phenoxy) is 2. The monoisotopic (exact) mass is 568 g/mol. The zero-order valence-corrected chi connectivity index (χ0v) is 23.2. The predicted molar refractivity (Wildman–Crippen MR) is 145 cm³/mol. The summed E-state index contributed by atoms with van der Waals surface area (Å²) in [6.45, 7) is 6.74. The number of nitrogens with zero attached hydrogens (tertiary/aromatic N) is 3. The predicted octanol–water partition coefficient (Wildman–Crippen LogP) is 6.40. The third-order valence-electron chi connectivity index (χ3n) is 6.38. The molecule has 1 N–H and O–H groups in total. The fraction of sp³-hybridized carbons (Fsp3) is 0.370. The standard InChI is InChI=1S/C27H29BrN4O3S/c1-5-36-26-30-25-29-19-13-27(2,3)14-20(33)22(19)23(32(25)31-26)17-11-18(28)24(21(12-17)34-4)35-15-16-9-7-6-8-10-16/h6-12,23H,5,13-15H2,1-4H3,(H,29,30,31). The molecular formula is C27H29BrN4O3S. The molecule has 0 saturated heterocycles. The van der Waals surface area contributed by atoms with Gasteiger partial charge in [-0.15, -0.1) is 5.10 Å². The Morgan fingerprint density at radius 2 is 2.00 bits per heavy atom. The molecule has 1 aromatic heterocycles. The maximum absolute atomic E-state index is 13.5. The molecule has 5 rings (SSSR count). The minimum absolute atomic E-state index is 0.121. The zero-order chi connectivity index (χ0) is 25.4. The number of thioether (sulfide) groups is 1. The normalized spacial score (nSPS) is 18.4. The van der Waals surface area contributed by atoms with E-state index in [0.29, 0.717) is 35.6 Å². The van der Waals surface area contributed by atoms with Crippen molar-refractivity contribution in [1.29, 1.82) is 0 Å². The lowest BCUT2D eigenvalue weighted by Crippen LogP contribution is -2.36. The van der Waals surface area contributed by atoms with Crippen molar-refractivity contribution in [3.8, 4) is 11.5 Å². The van der Waals surface area contributed by atoms with Gasteiger partial charge in [0.2, 0.25) is 11.1 Å². The van der Waals surface area contributed by atoms with Crippen molar-refractivity contribution >= 4 is 39.4 Å². The Bertz CT molecular complexity index is 1340. The molecule has 1 aliphatic heterocycles. The molecule has 7 nitrogen and oxygen atoms in total. The second-order valence-electron chi connectivity index (χ2n) is 9.76. The molecule has 1 aliphatic carbocycles. The number of carbonyl (C=O) groups excluding carboxylic acids is 1. The number of halogens is 1. The van der Waals surface area contributed by atoms with Crippen LogP contribution in [0.25, 0.3) is 0 Å². The van der Waals surface area contributed by atoms with Gasteiger partial charge in [0.05, 0.1) is 11.6 Å². The van der Waals surface area contributed by atoms with Gasteiger partial charge in [0.15, 0.2) is 17.3 Å². The van der Waals surface area contributed by atoms with Crippen molar-refractivity contribution in [2.75, 3.05) is 18.2 Å². The van der Waals surface area contributed by atoms with Crippen LogP contribution in [-0.2, 0) is 11.4 Å². The fourth-order valence-electron chi connectivity index (χ4n) is 4.86. The average molecular weight is 570 g/mol. The number of fused-ring (bicyclic) bond motifs is 1. The summed E-state index contributed by atoms with van der Waals surface area (Å²) in [5.74, 6) is 2.85. The van der Waals surface area contributed by atoms with Gasteiger partial charge >= 0.3 is 0 Å². The van der Waals surface area contributed by atoms with Crippen LogP contribution in [0.5, 0.6) is 11.5 Å². The molecule has 2 aliphatic rings. The largest absolute Gasteiger partial charge is 0.493 e. The number of methoxy groups -OCH3 is 1. The zero-order valence-electron chi connectivity index (χ0n) is 20.8. The van der Waals surface area contributed by atoms with E-state index in [9.17, 15) is 4.79 Å². The van der Waals surface area contributed by atoms with Gasteiger partial charge in [0.25, 0.3) is 0 Å². The van der Waals surface area contributed by atoms with E-state index in [1.54, 1.807) is 18.9 Å². The van der Waals surface area contributed by atoms with Gasteiger partial charge in [-0.2, -0.15) is 4.98 Å². The maximum atomic E-state index is 13.5. The molecule has 9 heteroatoms. The van der Waals surface area contributed by atoms with Crippen LogP contribution >= 0.6 is 27.7 Å². The fourth-order valence-corrected chi connectivity index (χ4v) is 5.98. The molecule has 0 bridgehead atoms. The van der Waals surface area contributed by atoms with Gasteiger partial charge in [0.1, 0.15) is 12.6 Å². The summed E-state index contributed by atoms with van der Waals surface area (Å²) in [6, 6.07) is 13.5. The van der Waals surface area contributed by atoms with Crippen LogP contribution in [-0.4, -0.2) is 33.4 Å². The summed E-state index contributed by atoms with van der Waals surface area (Å²) < 4.78 is 14.5. The van der Waals surface area contributed by atoms with Crippen LogP contribution in [0.2, 0.25) is 0 Å². The van der Waals surface area contributed by atoms with Gasteiger partial charge in [0, 0.05) is 17.7 Å². The summed E-state index contributed by atoms with van der Waals surface area (Å²) >= 11 is 5.28. The summed E-state index contributed by atoms with van der Waals surface area (Å²) in [4.78, 5) is 18.2. The van der Waals surface area contributed by atoms with E-state index in [2.05, 4.69) is 42.0 Å². The molecule has 2 heterocycles. The highest BCUT2D eigenvalue weighted by Crippen LogP contribution is 2.48. The first-order valence-electron chi connectivity index (χ1n) is 12.0. The van der Waals surface area contributed by atoms with E-state index >= 15 is 0 Å². The van der Waals surface area contributed by atoms with E-state index in [1.807, 2.05) is 47.1 Å². The minimum atomic E-state index is -0.410. The molecule has 0 radical (unpaired) electrons. The molecular weight excluding hydrogens is 540 g/mol. The molecule has 1 atom stereocenters. The third kappa shape index (κ3) is 4.78. The summed E-state index contributed by atoms with van der Waals surface area (Å²) in [5, 5.41) is 8.89. The van der Waals surface area contributed by atoms with Gasteiger partial charge in [-0.3, -0.25) is 4.79 Å². The number of hydrogen-bond donors (Lipinski definition) is 1. The number of nitrogens with one attached hydrogen (secondary N) is 1. The molecule has 3 aromatic rings. The first-order chi connectivity index (χ1) is 17.3. The van der Waals surface area contributed by atoms with Crippen molar-refractivity contribution in [3.05, 3.63) is 69.3 Å². The van der Waals surface area contributed by atoms with Crippen LogP contribution in [0.15, 0.2) is 63.4 Å². The summed E-state index contributed by atoms with van der Waals surface area (Å²) in [7, 11) is 1.62. The molecule has 36 heavy (non-hydrogen) atoms. The molecule has 0 saturated carbocycles. The lowest BCUT2D eigenvalue weighted by atomic mass is 9.73. The number of hydrogen-bond acceptors (Lipinski definition) is 7. The topological polar surface area (TPSA) is 78.3 Å². The highest BCUT2D eigenvalue weighted by atomic mass is 79.9.